The number of hydrogen-bond donors (Lipinski definition) is 0. The maximum Gasteiger partial charge on any atom is 0.363 e. The summed E-state index contributed by atoms with van der Waals surface area (Å²) in [7, 11) is 0. The topological polar surface area (TPSA) is 117 Å². The van der Waals surface area contributed by atoms with E-state index < -0.39 is 16.9 Å². The average Bonchev–Trinajstić information content (AvgIpc) is 3.20. The van der Waals surface area contributed by atoms with Crippen molar-refractivity contribution in [3.8, 4) is 11.5 Å². The zero-order valence-electron chi connectivity index (χ0n) is 19.5. The first kappa shape index (κ1) is 26.1. The minimum Gasteiger partial charge on any atom is -0.490 e. The van der Waals surface area contributed by atoms with Crippen LogP contribution < -0.4 is 9.47 Å². The fourth-order valence-corrected chi connectivity index (χ4v) is 4.23. The number of cyclic esters (lactones) is 1. The Balaban J connectivity index is 1.65. The summed E-state index contributed by atoms with van der Waals surface area (Å²) in [6.07, 6.45) is 1.47. The number of aryl methyl sites for hydroxylation is 1. The van der Waals surface area contributed by atoms with Gasteiger partial charge >= 0.3 is 11.9 Å². The molecule has 4 rings (SSSR count). The molecule has 1 heterocycles. The smallest absolute Gasteiger partial charge is 0.363 e. The lowest BCUT2D eigenvalue weighted by molar-refractivity contribution is -0.384. The summed E-state index contributed by atoms with van der Waals surface area (Å²) in [5.41, 5.74) is 1.82. The van der Waals surface area contributed by atoms with Crippen LogP contribution in [-0.2, 0) is 9.53 Å². The van der Waals surface area contributed by atoms with E-state index in [4.69, 9.17) is 25.8 Å². The van der Waals surface area contributed by atoms with Crippen LogP contribution in [0.2, 0.25) is 5.02 Å². The Hall–Kier alpha value is -4.02. The highest BCUT2D eigenvalue weighted by Crippen LogP contribution is 2.38. The number of non-ortho nitro benzene ring substituents is 1. The number of halogens is 2. The van der Waals surface area contributed by atoms with Gasteiger partial charge in [-0.25, -0.2) is 14.6 Å². The van der Waals surface area contributed by atoms with E-state index in [9.17, 15) is 19.7 Å². The van der Waals surface area contributed by atoms with Crippen LogP contribution in [0.15, 0.2) is 69.8 Å². The molecule has 3 aromatic carbocycles. The van der Waals surface area contributed by atoms with Gasteiger partial charge in [0.25, 0.3) is 5.69 Å². The molecule has 9 nitrogen and oxygen atoms in total. The van der Waals surface area contributed by atoms with E-state index in [1.807, 2.05) is 13.0 Å². The molecular formula is C26H18BrClN2O7. The number of carbonyl (C=O) groups excluding carboxylic acids is 2. The first-order valence-corrected chi connectivity index (χ1v) is 12.1. The average molecular weight is 586 g/mol. The predicted octanol–water partition coefficient (Wildman–Crippen LogP) is 6.28. The Morgan fingerprint density at radius 2 is 2.00 bits per heavy atom. The van der Waals surface area contributed by atoms with Crippen molar-refractivity contribution >= 4 is 57.1 Å². The molecule has 0 aromatic heterocycles. The van der Waals surface area contributed by atoms with Crippen LogP contribution in [0.5, 0.6) is 11.5 Å². The third-order valence-electron chi connectivity index (χ3n) is 5.10. The van der Waals surface area contributed by atoms with Crippen molar-refractivity contribution < 1.29 is 28.7 Å². The largest absolute Gasteiger partial charge is 0.490 e. The van der Waals surface area contributed by atoms with Gasteiger partial charge in [-0.1, -0.05) is 29.3 Å². The predicted molar refractivity (Wildman–Crippen MR) is 140 cm³/mol. The number of benzene rings is 3. The van der Waals surface area contributed by atoms with Crippen LogP contribution in [0.4, 0.5) is 5.69 Å². The molecule has 3 aromatic rings. The van der Waals surface area contributed by atoms with Gasteiger partial charge < -0.3 is 14.2 Å². The molecule has 0 saturated heterocycles. The standard InChI is InChI=1S/C26H18BrClN2O7/c1-3-35-22-12-15(10-19(27)23(22)36-25(31)16-6-4-5-14(2)9-16)11-21-26(32)37-24(29-21)18-8-7-17(30(33)34)13-20(18)28/h4-13H,3H2,1-2H3/b21-11-. The van der Waals surface area contributed by atoms with E-state index in [1.54, 1.807) is 37.3 Å². The highest BCUT2D eigenvalue weighted by atomic mass is 79.9. The second-order valence-electron chi connectivity index (χ2n) is 7.78. The lowest BCUT2D eigenvalue weighted by atomic mass is 10.1. The van der Waals surface area contributed by atoms with Crippen molar-refractivity contribution in [2.75, 3.05) is 6.61 Å². The van der Waals surface area contributed by atoms with Crippen LogP contribution in [0.3, 0.4) is 0 Å². The third kappa shape index (κ3) is 5.87. The van der Waals surface area contributed by atoms with Crippen LogP contribution in [-0.4, -0.2) is 29.4 Å². The van der Waals surface area contributed by atoms with Crippen LogP contribution in [0, 0.1) is 17.0 Å². The molecule has 37 heavy (non-hydrogen) atoms. The minimum absolute atomic E-state index is 0.0168. The molecule has 0 N–H and O–H groups in total. The lowest BCUT2D eigenvalue weighted by Gasteiger charge is -2.14. The van der Waals surface area contributed by atoms with Gasteiger partial charge in [0.2, 0.25) is 5.90 Å². The van der Waals surface area contributed by atoms with Gasteiger partial charge in [0.15, 0.2) is 17.2 Å². The third-order valence-corrected chi connectivity index (χ3v) is 6.00. The van der Waals surface area contributed by atoms with E-state index >= 15 is 0 Å². The van der Waals surface area contributed by atoms with Crippen molar-refractivity contribution in [2.45, 2.75) is 13.8 Å². The van der Waals surface area contributed by atoms with E-state index in [2.05, 4.69) is 20.9 Å². The van der Waals surface area contributed by atoms with E-state index in [0.29, 0.717) is 22.2 Å². The summed E-state index contributed by atoms with van der Waals surface area (Å²) in [6, 6.07) is 14.0. The first-order valence-electron chi connectivity index (χ1n) is 10.9. The molecule has 1 aliphatic rings. The number of nitro benzene ring substituents is 1. The highest BCUT2D eigenvalue weighted by molar-refractivity contribution is 9.10. The Kier molecular flexibility index (Phi) is 7.70. The molecule has 0 aliphatic carbocycles. The van der Waals surface area contributed by atoms with Gasteiger partial charge in [0, 0.05) is 12.1 Å². The monoisotopic (exact) mass is 584 g/mol. The Morgan fingerprint density at radius 1 is 1.22 bits per heavy atom. The van der Waals surface area contributed by atoms with Crippen LogP contribution in [0.1, 0.15) is 34.0 Å². The number of carbonyl (C=O) groups is 2. The number of ether oxygens (including phenoxy) is 3. The molecule has 0 unspecified atom stereocenters. The summed E-state index contributed by atoms with van der Waals surface area (Å²) in [4.78, 5) is 39.7. The summed E-state index contributed by atoms with van der Waals surface area (Å²) in [5.74, 6) is -0.896. The highest BCUT2D eigenvalue weighted by Gasteiger charge is 2.27. The number of esters is 2. The molecule has 0 bridgehead atoms. The SMILES string of the molecule is CCOc1cc(/C=C2\N=C(c3ccc([N+](=O)[O-])cc3Cl)OC2=O)cc(Br)c1OC(=O)c1cccc(C)c1. The number of aliphatic imine (C=N–C) groups is 1. The van der Waals surface area contributed by atoms with Crippen molar-refractivity contribution in [3.05, 3.63) is 102 Å². The van der Waals surface area contributed by atoms with Gasteiger partial charge in [-0.2, -0.15) is 0 Å². The van der Waals surface area contributed by atoms with Gasteiger partial charge in [-0.15, -0.1) is 0 Å². The zero-order valence-corrected chi connectivity index (χ0v) is 21.8. The molecule has 0 saturated carbocycles. The summed E-state index contributed by atoms with van der Waals surface area (Å²) in [6.45, 7) is 3.95. The van der Waals surface area contributed by atoms with Crippen molar-refractivity contribution in [3.63, 3.8) is 0 Å². The fraction of sp³-hybridized carbons (Fsp3) is 0.115. The van der Waals surface area contributed by atoms with Crippen LogP contribution in [0.25, 0.3) is 6.08 Å². The van der Waals surface area contributed by atoms with Gasteiger partial charge in [-0.05, 0) is 71.7 Å². The van der Waals surface area contributed by atoms with Gasteiger partial charge in [0.05, 0.1) is 32.2 Å². The van der Waals surface area contributed by atoms with Crippen molar-refractivity contribution in [2.24, 2.45) is 4.99 Å². The minimum atomic E-state index is -0.728. The number of nitro groups is 1. The molecule has 0 amide bonds. The summed E-state index contributed by atoms with van der Waals surface area (Å²) >= 11 is 9.55. The van der Waals surface area contributed by atoms with Gasteiger partial charge in [-0.3, -0.25) is 10.1 Å². The van der Waals surface area contributed by atoms with Crippen molar-refractivity contribution in [1.82, 2.24) is 0 Å². The van der Waals surface area contributed by atoms with E-state index in [1.165, 1.54) is 18.2 Å². The number of rotatable bonds is 7. The maximum absolute atomic E-state index is 12.7. The molecular weight excluding hydrogens is 568 g/mol. The molecule has 0 atom stereocenters. The fourth-order valence-electron chi connectivity index (χ4n) is 3.43. The second-order valence-corrected chi connectivity index (χ2v) is 9.04. The van der Waals surface area contributed by atoms with Crippen LogP contribution >= 0.6 is 27.5 Å². The van der Waals surface area contributed by atoms with Gasteiger partial charge in [0.1, 0.15) is 0 Å². The second kappa shape index (κ2) is 10.9. The first-order chi connectivity index (χ1) is 17.7. The lowest BCUT2D eigenvalue weighted by Crippen LogP contribution is -2.10. The molecule has 0 radical (unpaired) electrons. The van der Waals surface area contributed by atoms with E-state index in [0.717, 1.165) is 11.6 Å². The summed E-state index contributed by atoms with van der Waals surface area (Å²) < 4.78 is 17.0. The molecule has 0 fully saturated rings. The molecule has 1 aliphatic heterocycles. The Labute approximate surface area is 224 Å². The maximum atomic E-state index is 12.7. The normalized spacial score (nSPS) is 13.8. The zero-order chi connectivity index (χ0) is 26.7. The molecule has 0 spiro atoms. The molecule has 11 heteroatoms. The Morgan fingerprint density at radius 3 is 2.68 bits per heavy atom. The van der Waals surface area contributed by atoms with Crippen molar-refractivity contribution in [1.29, 1.82) is 0 Å². The molecule has 188 valence electrons. The summed E-state index contributed by atoms with van der Waals surface area (Å²) in [5, 5.41) is 11.0. The van der Waals surface area contributed by atoms with E-state index in [-0.39, 0.29) is 39.4 Å². The number of nitrogens with zero attached hydrogens (tertiary/aromatic N) is 2. The Bertz CT molecular complexity index is 1500. The quantitative estimate of drug-likeness (QED) is 0.105. The number of hydrogen-bond acceptors (Lipinski definition) is 8.